The fourth-order valence-corrected chi connectivity index (χ4v) is 3.34. The lowest BCUT2D eigenvalue weighted by atomic mass is 10.1. The molecule has 0 atom stereocenters. The van der Waals surface area contributed by atoms with Crippen LogP contribution in [-0.2, 0) is 4.74 Å². The van der Waals surface area contributed by atoms with Gasteiger partial charge in [0.25, 0.3) is 0 Å². The third-order valence-corrected chi connectivity index (χ3v) is 4.77. The van der Waals surface area contributed by atoms with Gasteiger partial charge < -0.3 is 4.74 Å². The lowest BCUT2D eigenvalue weighted by molar-refractivity contribution is 0.0377. The first kappa shape index (κ1) is 17.3. The molecular formula is C16H20F2N4OS. The second kappa shape index (κ2) is 8.55. The highest BCUT2D eigenvalue weighted by molar-refractivity contribution is 8.14. The Bertz CT molecular complexity index is 633. The highest BCUT2D eigenvalue weighted by Gasteiger charge is 2.17. The zero-order valence-electron chi connectivity index (χ0n) is 13.3. The minimum atomic E-state index is -0.471. The Morgan fingerprint density at radius 1 is 1.29 bits per heavy atom. The molecule has 0 amide bonds. The number of aliphatic imine (C=N–C) groups is 1. The van der Waals surface area contributed by atoms with Crippen molar-refractivity contribution in [1.82, 2.24) is 10.3 Å². The average Bonchev–Trinajstić information content (AvgIpc) is 2.62. The second-order valence-electron chi connectivity index (χ2n) is 5.58. The third-order valence-electron chi connectivity index (χ3n) is 3.86. The molecule has 0 spiro atoms. The van der Waals surface area contributed by atoms with Crippen LogP contribution in [0.3, 0.4) is 0 Å². The van der Waals surface area contributed by atoms with Crippen molar-refractivity contribution in [3.63, 3.8) is 0 Å². The Balaban J connectivity index is 1.48. The monoisotopic (exact) mass is 354 g/mol. The van der Waals surface area contributed by atoms with Crippen molar-refractivity contribution in [3.05, 3.63) is 35.4 Å². The number of rotatable bonds is 5. The molecular weight excluding hydrogens is 334 g/mol. The molecule has 0 bridgehead atoms. The maximum Gasteiger partial charge on any atom is 0.177 e. The molecule has 0 aliphatic carbocycles. The summed E-state index contributed by atoms with van der Waals surface area (Å²) in [6.45, 7) is 5.30. The first-order valence-electron chi connectivity index (χ1n) is 7.98. The number of morpholine rings is 1. The van der Waals surface area contributed by atoms with Gasteiger partial charge in [-0.05, 0) is 24.6 Å². The van der Waals surface area contributed by atoms with Gasteiger partial charge in [-0.3, -0.25) is 15.3 Å². The molecule has 3 rings (SSSR count). The highest BCUT2D eigenvalue weighted by Crippen LogP contribution is 2.17. The minimum absolute atomic E-state index is 0.196. The number of hydrogen-bond donors (Lipinski definition) is 1. The molecule has 1 aromatic rings. The quantitative estimate of drug-likeness (QED) is 0.823. The van der Waals surface area contributed by atoms with Crippen LogP contribution in [-0.4, -0.2) is 60.9 Å². The molecule has 8 heteroatoms. The molecule has 0 saturated carbocycles. The zero-order valence-corrected chi connectivity index (χ0v) is 14.1. The van der Waals surface area contributed by atoms with Gasteiger partial charge in [-0.2, -0.15) is 5.10 Å². The molecule has 0 aromatic heterocycles. The van der Waals surface area contributed by atoms with E-state index in [1.807, 2.05) is 0 Å². The van der Waals surface area contributed by atoms with E-state index in [2.05, 4.69) is 20.4 Å². The number of nitrogens with one attached hydrogen (secondary N) is 1. The van der Waals surface area contributed by atoms with Gasteiger partial charge in [0.2, 0.25) is 0 Å². The van der Waals surface area contributed by atoms with Crippen LogP contribution in [0, 0.1) is 11.6 Å². The summed E-state index contributed by atoms with van der Waals surface area (Å²) in [5.74, 6) is -0.472. The summed E-state index contributed by atoms with van der Waals surface area (Å²) < 4.78 is 32.3. The lowest BCUT2D eigenvalue weighted by Crippen LogP contribution is -2.37. The molecule has 2 aliphatic heterocycles. The van der Waals surface area contributed by atoms with Crippen LogP contribution in [0.2, 0.25) is 0 Å². The summed E-state index contributed by atoms with van der Waals surface area (Å²) in [4.78, 5) is 6.84. The van der Waals surface area contributed by atoms with E-state index in [9.17, 15) is 8.78 Å². The fourth-order valence-electron chi connectivity index (χ4n) is 2.55. The lowest BCUT2D eigenvalue weighted by Gasteiger charge is -2.26. The molecule has 1 saturated heterocycles. The Kier molecular flexibility index (Phi) is 6.17. The highest BCUT2D eigenvalue weighted by atomic mass is 32.2. The Morgan fingerprint density at radius 2 is 2.12 bits per heavy atom. The molecule has 1 aromatic carbocycles. The summed E-state index contributed by atoms with van der Waals surface area (Å²) in [7, 11) is 0. The van der Waals surface area contributed by atoms with Crippen LogP contribution in [0.5, 0.6) is 0 Å². The molecule has 2 heterocycles. The Labute approximate surface area is 144 Å². The van der Waals surface area contributed by atoms with Crippen LogP contribution in [0.1, 0.15) is 12.0 Å². The summed E-state index contributed by atoms with van der Waals surface area (Å²) in [5.41, 5.74) is 3.52. The van der Waals surface area contributed by atoms with E-state index in [1.165, 1.54) is 17.8 Å². The van der Waals surface area contributed by atoms with Crippen molar-refractivity contribution in [2.75, 3.05) is 45.1 Å². The van der Waals surface area contributed by atoms with Crippen molar-refractivity contribution >= 4 is 22.6 Å². The minimum Gasteiger partial charge on any atom is -0.379 e. The molecule has 1 fully saturated rings. The SMILES string of the molecule is Fc1ccc(F)c(C2=NNC(=NCCCN3CCOCC3)SC2)c1. The summed E-state index contributed by atoms with van der Waals surface area (Å²) >= 11 is 1.45. The van der Waals surface area contributed by atoms with Crippen LogP contribution in [0.4, 0.5) is 8.78 Å². The Hall–Kier alpha value is -1.51. The second-order valence-corrected chi connectivity index (χ2v) is 6.54. The number of halogens is 2. The molecule has 0 radical (unpaired) electrons. The van der Waals surface area contributed by atoms with Gasteiger partial charge in [-0.1, -0.05) is 11.8 Å². The summed E-state index contributed by atoms with van der Waals surface area (Å²) in [6.07, 6.45) is 0.973. The molecule has 24 heavy (non-hydrogen) atoms. The molecule has 5 nitrogen and oxygen atoms in total. The largest absolute Gasteiger partial charge is 0.379 e. The van der Waals surface area contributed by atoms with Crippen LogP contribution in [0.25, 0.3) is 0 Å². The zero-order chi connectivity index (χ0) is 16.8. The maximum absolute atomic E-state index is 13.7. The van der Waals surface area contributed by atoms with Gasteiger partial charge >= 0.3 is 0 Å². The van der Waals surface area contributed by atoms with Gasteiger partial charge in [-0.15, -0.1) is 0 Å². The number of benzene rings is 1. The van der Waals surface area contributed by atoms with Crippen LogP contribution >= 0.6 is 11.8 Å². The van der Waals surface area contributed by atoms with Gasteiger partial charge in [0, 0.05) is 37.5 Å². The average molecular weight is 354 g/mol. The molecule has 130 valence electrons. The van der Waals surface area contributed by atoms with E-state index in [-0.39, 0.29) is 5.56 Å². The van der Waals surface area contributed by atoms with Crippen molar-refractivity contribution in [1.29, 1.82) is 0 Å². The number of hydrogen-bond acceptors (Lipinski definition) is 5. The predicted octanol–water partition coefficient (Wildman–Crippen LogP) is 2.08. The van der Waals surface area contributed by atoms with E-state index in [4.69, 9.17) is 4.74 Å². The molecule has 2 aliphatic rings. The number of thioether (sulfide) groups is 1. The fraction of sp³-hybridized carbons (Fsp3) is 0.500. The van der Waals surface area contributed by atoms with Gasteiger partial charge in [0.15, 0.2) is 5.17 Å². The number of ether oxygens (including phenoxy) is 1. The normalized spacial score (nSPS) is 20.8. The standard InChI is InChI=1S/C16H20F2N4OS/c17-12-2-3-14(18)13(10-12)15-11-24-16(21-20-15)19-4-1-5-22-6-8-23-9-7-22/h2-3,10H,1,4-9,11H2,(H,19,21). The maximum atomic E-state index is 13.7. The van der Waals surface area contributed by atoms with E-state index < -0.39 is 11.6 Å². The smallest absolute Gasteiger partial charge is 0.177 e. The van der Waals surface area contributed by atoms with Crippen LogP contribution in [0.15, 0.2) is 28.3 Å². The topological polar surface area (TPSA) is 49.2 Å². The predicted molar refractivity (Wildman–Crippen MR) is 92.7 cm³/mol. The summed E-state index contributed by atoms with van der Waals surface area (Å²) in [5, 5.41) is 4.85. The van der Waals surface area contributed by atoms with E-state index >= 15 is 0 Å². The molecule has 1 N–H and O–H groups in total. The first-order chi connectivity index (χ1) is 11.7. The van der Waals surface area contributed by atoms with Gasteiger partial charge in [0.1, 0.15) is 11.6 Å². The van der Waals surface area contributed by atoms with Crippen molar-refractivity contribution < 1.29 is 13.5 Å². The van der Waals surface area contributed by atoms with E-state index in [0.717, 1.165) is 56.6 Å². The van der Waals surface area contributed by atoms with Crippen LogP contribution < -0.4 is 5.43 Å². The van der Waals surface area contributed by atoms with E-state index in [1.54, 1.807) is 0 Å². The van der Waals surface area contributed by atoms with Crippen molar-refractivity contribution in [3.8, 4) is 0 Å². The number of amidine groups is 1. The Morgan fingerprint density at radius 3 is 2.88 bits per heavy atom. The third kappa shape index (κ3) is 4.75. The molecule has 0 unspecified atom stereocenters. The number of hydrazone groups is 1. The van der Waals surface area contributed by atoms with Gasteiger partial charge in [0.05, 0.1) is 18.9 Å². The summed E-state index contributed by atoms with van der Waals surface area (Å²) in [6, 6.07) is 3.39. The van der Waals surface area contributed by atoms with Gasteiger partial charge in [-0.25, -0.2) is 8.78 Å². The van der Waals surface area contributed by atoms with Crippen molar-refractivity contribution in [2.45, 2.75) is 6.42 Å². The first-order valence-corrected chi connectivity index (χ1v) is 8.96. The number of nitrogens with zero attached hydrogens (tertiary/aromatic N) is 3. The van der Waals surface area contributed by atoms with Crippen molar-refractivity contribution in [2.24, 2.45) is 10.1 Å². The van der Waals surface area contributed by atoms with E-state index in [0.29, 0.717) is 18.0 Å².